The van der Waals surface area contributed by atoms with E-state index < -0.39 is 0 Å². The molecule has 0 bridgehead atoms. The fourth-order valence-electron chi connectivity index (χ4n) is 3.66. The van der Waals surface area contributed by atoms with Crippen LogP contribution in [0.5, 0.6) is 11.5 Å². The van der Waals surface area contributed by atoms with Crippen molar-refractivity contribution in [3.05, 3.63) is 59.7 Å². The van der Waals surface area contributed by atoms with Crippen LogP contribution < -0.4 is 9.47 Å². The van der Waals surface area contributed by atoms with E-state index in [2.05, 4.69) is 5.10 Å². The van der Waals surface area contributed by atoms with Crippen LogP contribution in [-0.2, 0) is 14.3 Å². The molecule has 2 amide bonds. The fraction of sp³-hybridized carbons (Fsp3) is 0.375. The summed E-state index contributed by atoms with van der Waals surface area (Å²) in [7, 11) is 4.74. The van der Waals surface area contributed by atoms with Crippen molar-refractivity contribution in [1.82, 2.24) is 9.91 Å². The van der Waals surface area contributed by atoms with Crippen LogP contribution >= 0.6 is 0 Å². The monoisotopic (exact) mass is 439 g/mol. The molecule has 8 heteroatoms. The van der Waals surface area contributed by atoms with Crippen molar-refractivity contribution in [2.45, 2.75) is 19.4 Å². The number of carbonyl (C=O) groups excluding carboxylic acids is 2. The van der Waals surface area contributed by atoms with Gasteiger partial charge in [0.25, 0.3) is 5.91 Å². The number of amides is 2. The van der Waals surface area contributed by atoms with Gasteiger partial charge in [-0.05, 0) is 17.7 Å². The van der Waals surface area contributed by atoms with Crippen molar-refractivity contribution in [3.8, 4) is 11.5 Å². The molecule has 1 heterocycles. The van der Waals surface area contributed by atoms with Crippen molar-refractivity contribution in [2.75, 3.05) is 41.0 Å². The Bertz CT molecular complexity index is 977. The van der Waals surface area contributed by atoms with E-state index in [1.165, 1.54) is 16.8 Å². The molecule has 1 aliphatic heterocycles. The zero-order valence-corrected chi connectivity index (χ0v) is 18.9. The average molecular weight is 440 g/mol. The Labute approximate surface area is 188 Å². The molecule has 32 heavy (non-hydrogen) atoms. The number of rotatable bonds is 9. The SMILES string of the molecule is COCCN(CC(=O)N1N=C(c2ccc(OC)cc2OC)C[C@@H]1c1ccccc1)C(C)=O. The molecule has 0 saturated heterocycles. The second-order valence-electron chi connectivity index (χ2n) is 7.42. The van der Waals surface area contributed by atoms with Gasteiger partial charge in [-0.3, -0.25) is 9.59 Å². The minimum atomic E-state index is -0.276. The fourth-order valence-corrected chi connectivity index (χ4v) is 3.66. The van der Waals surface area contributed by atoms with Crippen LogP contribution in [0.3, 0.4) is 0 Å². The maximum Gasteiger partial charge on any atom is 0.262 e. The molecule has 0 aromatic heterocycles. The predicted molar refractivity (Wildman–Crippen MR) is 121 cm³/mol. The van der Waals surface area contributed by atoms with E-state index in [1.807, 2.05) is 42.5 Å². The molecule has 2 aromatic rings. The summed E-state index contributed by atoms with van der Waals surface area (Å²) in [5.74, 6) is 0.848. The third-order valence-corrected chi connectivity index (χ3v) is 5.41. The Hall–Kier alpha value is -3.39. The summed E-state index contributed by atoms with van der Waals surface area (Å²) < 4.78 is 15.9. The van der Waals surface area contributed by atoms with Crippen LogP contribution in [0.1, 0.15) is 30.5 Å². The Morgan fingerprint density at radius 1 is 1.09 bits per heavy atom. The van der Waals surface area contributed by atoms with E-state index in [0.717, 1.165) is 16.8 Å². The van der Waals surface area contributed by atoms with Crippen molar-refractivity contribution in [3.63, 3.8) is 0 Å². The van der Waals surface area contributed by atoms with Crippen LogP contribution in [0.15, 0.2) is 53.6 Å². The smallest absolute Gasteiger partial charge is 0.262 e. The molecule has 0 aliphatic carbocycles. The van der Waals surface area contributed by atoms with Gasteiger partial charge in [-0.15, -0.1) is 0 Å². The summed E-state index contributed by atoms with van der Waals surface area (Å²) in [5.41, 5.74) is 2.50. The van der Waals surface area contributed by atoms with Gasteiger partial charge in [0.05, 0.1) is 32.6 Å². The Kier molecular flexibility index (Phi) is 7.83. The van der Waals surface area contributed by atoms with E-state index >= 15 is 0 Å². The molecule has 170 valence electrons. The van der Waals surface area contributed by atoms with E-state index in [1.54, 1.807) is 27.4 Å². The molecule has 0 fully saturated rings. The summed E-state index contributed by atoms with van der Waals surface area (Å²) in [6.45, 7) is 2.06. The molecule has 0 unspecified atom stereocenters. The first-order valence-corrected chi connectivity index (χ1v) is 10.4. The summed E-state index contributed by atoms with van der Waals surface area (Å²) in [4.78, 5) is 26.8. The standard InChI is InChI=1S/C24H29N3O5/c1-17(28)26(12-13-30-2)16-24(29)27-22(18-8-6-5-7-9-18)15-21(25-27)20-11-10-19(31-3)14-23(20)32-4/h5-11,14,22H,12-13,15-16H2,1-4H3/t22-/m1/s1. The maximum absolute atomic E-state index is 13.3. The van der Waals surface area contributed by atoms with Gasteiger partial charge in [0, 0.05) is 38.6 Å². The van der Waals surface area contributed by atoms with Gasteiger partial charge in [-0.1, -0.05) is 30.3 Å². The molecule has 0 radical (unpaired) electrons. The molecular formula is C24H29N3O5. The van der Waals surface area contributed by atoms with Crippen molar-refractivity contribution in [2.24, 2.45) is 5.10 Å². The number of benzene rings is 2. The van der Waals surface area contributed by atoms with Crippen LogP contribution in [0.2, 0.25) is 0 Å². The number of nitrogens with zero attached hydrogens (tertiary/aromatic N) is 3. The first kappa shape index (κ1) is 23.3. The molecule has 0 N–H and O–H groups in total. The summed E-state index contributed by atoms with van der Waals surface area (Å²) >= 11 is 0. The molecule has 0 saturated carbocycles. The van der Waals surface area contributed by atoms with Crippen molar-refractivity contribution in [1.29, 1.82) is 0 Å². The van der Waals surface area contributed by atoms with Gasteiger partial charge in [0.15, 0.2) is 0 Å². The highest BCUT2D eigenvalue weighted by Gasteiger charge is 2.34. The van der Waals surface area contributed by atoms with E-state index in [-0.39, 0.29) is 24.4 Å². The minimum Gasteiger partial charge on any atom is -0.497 e. The zero-order chi connectivity index (χ0) is 23.1. The van der Waals surface area contributed by atoms with Gasteiger partial charge in [-0.25, -0.2) is 5.01 Å². The lowest BCUT2D eigenvalue weighted by Gasteiger charge is -2.26. The van der Waals surface area contributed by atoms with Gasteiger partial charge >= 0.3 is 0 Å². The Morgan fingerprint density at radius 2 is 1.84 bits per heavy atom. The molecule has 2 aromatic carbocycles. The number of methoxy groups -OCH3 is 3. The number of carbonyl (C=O) groups is 2. The second-order valence-corrected chi connectivity index (χ2v) is 7.42. The second kappa shape index (κ2) is 10.8. The first-order chi connectivity index (χ1) is 15.5. The topological polar surface area (TPSA) is 80.7 Å². The minimum absolute atomic E-state index is 0.0709. The third-order valence-electron chi connectivity index (χ3n) is 5.41. The molecular weight excluding hydrogens is 410 g/mol. The highest BCUT2D eigenvalue weighted by molar-refractivity contribution is 6.05. The first-order valence-electron chi connectivity index (χ1n) is 10.4. The van der Waals surface area contributed by atoms with Crippen LogP contribution in [0.25, 0.3) is 0 Å². The van der Waals surface area contributed by atoms with Crippen molar-refractivity contribution < 1.29 is 23.8 Å². The van der Waals surface area contributed by atoms with Crippen LogP contribution in [0, 0.1) is 0 Å². The zero-order valence-electron chi connectivity index (χ0n) is 18.9. The van der Waals surface area contributed by atoms with Crippen molar-refractivity contribution >= 4 is 17.5 Å². The quantitative estimate of drug-likeness (QED) is 0.600. The molecule has 0 spiro atoms. The number of hydrogen-bond donors (Lipinski definition) is 0. The highest BCUT2D eigenvalue weighted by Crippen LogP contribution is 2.36. The molecule has 3 rings (SSSR count). The molecule has 8 nitrogen and oxygen atoms in total. The maximum atomic E-state index is 13.3. The van der Waals surface area contributed by atoms with E-state index in [4.69, 9.17) is 14.2 Å². The number of hydrazone groups is 1. The Morgan fingerprint density at radius 3 is 2.47 bits per heavy atom. The highest BCUT2D eigenvalue weighted by atomic mass is 16.5. The summed E-state index contributed by atoms with van der Waals surface area (Å²) in [6.07, 6.45) is 0.524. The third kappa shape index (κ3) is 5.26. The Balaban J connectivity index is 1.93. The predicted octanol–water partition coefficient (Wildman–Crippen LogP) is 2.88. The normalized spacial score (nSPS) is 15.3. The number of ether oxygens (including phenoxy) is 3. The average Bonchev–Trinajstić information content (AvgIpc) is 3.27. The summed E-state index contributed by atoms with van der Waals surface area (Å²) in [5, 5.41) is 6.17. The van der Waals surface area contributed by atoms with E-state index in [9.17, 15) is 9.59 Å². The lowest BCUT2D eigenvalue weighted by atomic mass is 9.98. The largest absolute Gasteiger partial charge is 0.497 e. The lowest BCUT2D eigenvalue weighted by molar-refractivity contribution is -0.141. The molecule has 1 aliphatic rings. The van der Waals surface area contributed by atoms with Crippen LogP contribution in [-0.4, -0.2) is 68.5 Å². The van der Waals surface area contributed by atoms with E-state index in [0.29, 0.717) is 31.1 Å². The van der Waals surface area contributed by atoms with Gasteiger partial charge < -0.3 is 19.1 Å². The number of hydrogen-bond acceptors (Lipinski definition) is 6. The van der Waals surface area contributed by atoms with Gasteiger partial charge in [-0.2, -0.15) is 5.10 Å². The summed E-state index contributed by atoms with van der Waals surface area (Å²) in [6, 6.07) is 15.0. The van der Waals surface area contributed by atoms with Gasteiger partial charge in [0.2, 0.25) is 5.91 Å². The van der Waals surface area contributed by atoms with Crippen LogP contribution in [0.4, 0.5) is 0 Å². The molecule has 1 atom stereocenters. The lowest BCUT2D eigenvalue weighted by Crippen LogP contribution is -2.41. The van der Waals surface area contributed by atoms with Gasteiger partial charge in [0.1, 0.15) is 18.0 Å².